The van der Waals surface area contributed by atoms with Gasteiger partial charge in [-0.2, -0.15) is 0 Å². The molecule has 1 aliphatic carbocycles. The second-order valence-electron chi connectivity index (χ2n) is 6.65. The summed E-state index contributed by atoms with van der Waals surface area (Å²) in [4.78, 5) is 19.3. The van der Waals surface area contributed by atoms with E-state index in [0.717, 1.165) is 23.1 Å². The van der Waals surface area contributed by atoms with Gasteiger partial charge >= 0.3 is 0 Å². The summed E-state index contributed by atoms with van der Waals surface area (Å²) in [6.45, 7) is 10.4. The molecule has 4 heteroatoms. The van der Waals surface area contributed by atoms with Crippen LogP contribution in [0.15, 0.2) is 4.79 Å². The average Bonchev–Trinajstić information content (AvgIpc) is 2.25. The SMILES string of the molecule is Cc1nc(C)c(C(C)NC2CC(C)CC(C)C2)c(=O)[nH]1. The third-order valence-electron chi connectivity index (χ3n) is 4.36. The van der Waals surface area contributed by atoms with Crippen molar-refractivity contribution in [3.63, 3.8) is 0 Å². The number of aryl methyl sites for hydroxylation is 2. The summed E-state index contributed by atoms with van der Waals surface area (Å²) < 4.78 is 0. The molecule has 0 aliphatic heterocycles. The van der Waals surface area contributed by atoms with E-state index >= 15 is 0 Å². The number of rotatable bonds is 3. The molecular weight excluding hydrogens is 250 g/mol. The fourth-order valence-corrected chi connectivity index (χ4v) is 3.77. The molecular formula is C16H27N3O. The van der Waals surface area contributed by atoms with Crippen LogP contribution >= 0.6 is 0 Å². The highest BCUT2D eigenvalue weighted by atomic mass is 16.1. The second-order valence-corrected chi connectivity index (χ2v) is 6.65. The molecule has 1 aromatic rings. The molecule has 0 bridgehead atoms. The van der Waals surface area contributed by atoms with Crippen LogP contribution in [0.5, 0.6) is 0 Å². The van der Waals surface area contributed by atoms with Crippen LogP contribution < -0.4 is 10.9 Å². The lowest BCUT2D eigenvalue weighted by Gasteiger charge is -2.34. The zero-order valence-corrected chi connectivity index (χ0v) is 13.3. The van der Waals surface area contributed by atoms with E-state index in [1.165, 1.54) is 19.3 Å². The van der Waals surface area contributed by atoms with Crippen molar-refractivity contribution in [2.75, 3.05) is 0 Å². The number of hydrogen-bond donors (Lipinski definition) is 2. The van der Waals surface area contributed by atoms with Gasteiger partial charge in [-0.1, -0.05) is 13.8 Å². The molecule has 1 heterocycles. The first-order chi connectivity index (χ1) is 9.36. The zero-order valence-electron chi connectivity index (χ0n) is 13.3. The van der Waals surface area contributed by atoms with Gasteiger partial charge in [-0.05, 0) is 51.9 Å². The van der Waals surface area contributed by atoms with Gasteiger partial charge in [0.1, 0.15) is 5.82 Å². The van der Waals surface area contributed by atoms with Gasteiger partial charge in [0.05, 0.1) is 5.56 Å². The molecule has 0 saturated heterocycles. The molecule has 0 aromatic carbocycles. The Hall–Kier alpha value is -1.16. The van der Waals surface area contributed by atoms with Gasteiger partial charge < -0.3 is 10.3 Å². The quantitative estimate of drug-likeness (QED) is 0.893. The summed E-state index contributed by atoms with van der Waals surface area (Å²) in [7, 11) is 0. The standard InChI is InChI=1S/C16H27N3O/c1-9-6-10(2)8-14(7-9)18-12(4)15-11(3)17-13(5)19-16(15)20/h9-10,12,14,18H,6-8H2,1-5H3,(H,17,19,20). The maximum Gasteiger partial charge on any atom is 0.255 e. The van der Waals surface area contributed by atoms with Crippen LogP contribution in [-0.4, -0.2) is 16.0 Å². The minimum absolute atomic E-state index is 0.00749. The third-order valence-corrected chi connectivity index (χ3v) is 4.36. The van der Waals surface area contributed by atoms with Crippen LogP contribution in [0.3, 0.4) is 0 Å². The topological polar surface area (TPSA) is 57.8 Å². The first kappa shape index (κ1) is 15.2. The Balaban J connectivity index is 2.12. The summed E-state index contributed by atoms with van der Waals surface area (Å²) in [5, 5.41) is 3.64. The molecule has 20 heavy (non-hydrogen) atoms. The number of aromatic nitrogens is 2. The van der Waals surface area contributed by atoms with Crippen LogP contribution in [0.25, 0.3) is 0 Å². The summed E-state index contributed by atoms with van der Waals surface area (Å²) >= 11 is 0. The van der Waals surface area contributed by atoms with E-state index < -0.39 is 0 Å². The number of hydrogen-bond acceptors (Lipinski definition) is 3. The molecule has 1 saturated carbocycles. The summed E-state index contributed by atoms with van der Waals surface area (Å²) in [5.74, 6) is 2.21. The van der Waals surface area contributed by atoms with Gasteiger partial charge in [0.25, 0.3) is 5.56 Å². The Bertz CT molecular complexity index is 513. The Morgan fingerprint density at radius 3 is 2.35 bits per heavy atom. The van der Waals surface area contributed by atoms with E-state index in [4.69, 9.17) is 0 Å². The molecule has 3 atom stereocenters. The lowest BCUT2D eigenvalue weighted by molar-refractivity contribution is 0.228. The van der Waals surface area contributed by atoms with Crippen LogP contribution in [0.4, 0.5) is 0 Å². The van der Waals surface area contributed by atoms with Crippen molar-refractivity contribution < 1.29 is 0 Å². The summed E-state index contributed by atoms with van der Waals surface area (Å²) in [6, 6.07) is 0.554. The predicted molar refractivity (Wildman–Crippen MR) is 81.8 cm³/mol. The number of aromatic amines is 1. The van der Waals surface area contributed by atoms with Crippen LogP contribution in [0.1, 0.15) is 63.2 Å². The van der Waals surface area contributed by atoms with Crippen LogP contribution in [0.2, 0.25) is 0 Å². The van der Waals surface area contributed by atoms with E-state index in [1.807, 2.05) is 13.8 Å². The molecule has 0 amide bonds. The minimum atomic E-state index is -0.00749. The first-order valence-corrected chi connectivity index (χ1v) is 7.70. The molecule has 1 aliphatic rings. The van der Waals surface area contributed by atoms with Gasteiger partial charge in [0, 0.05) is 17.8 Å². The van der Waals surface area contributed by atoms with Crippen molar-refractivity contribution in [2.24, 2.45) is 11.8 Å². The van der Waals surface area contributed by atoms with Crippen LogP contribution in [0, 0.1) is 25.7 Å². The number of nitrogens with zero attached hydrogens (tertiary/aromatic N) is 1. The van der Waals surface area contributed by atoms with Crippen molar-refractivity contribution in [2.45, 2.75) is 66.0 Å². The first-order valence-electron chi connectivity index (χ1n) is 7.70. The van der Waals surface area contributed by atoms with Crippen molar-refractivity contribution in [3.05, 3.63) is 27.4 Å². The molecule has 2 rings (SSSR count). The van der Waals surface area contributed by atoms with Crippen molar-refractivity contribution >= 4 is 0 Å². The fourth-order valence-electron chi connectivity index (χ4n) is 3.77. The third kappa shape index (κ3) is 3.48. The molecule has 4 nitrogen and oxygen atoms in total. The lowest BCUT2D eigenvalue weighted by atomic mass is 9.80. The Morgan fingerprint density at radius 1 is 1.20 bits per heavy atom. The van der Waals surface area contributed by atoms with Gasteiger partial charge in [-0.3, -0.25) is 4.79 Å². The van der Waals surface area contributed by atoms with E-state index in [2.05, 4.69) is 36.1 Å². The molecule has 2 N–H and O–H groups in total. The Labute approximate surface area is 121 Å². The zero-order chi connectivity index (χ0) is 14.9. The molecule has 0 spiro atoms. The summed E-state index contributed by atoms with van der Waals surface area (Å²) in [5.41, 5.74) is 1.61. The predicted octanol–water partition coefficient (Wildman–Crippen LogP) is 2.86. The Kier molecular flexibility index (Phi) is 4.63. The van der Waals surface area contributed by atoms with Gasteiger partial charge in [0.15, 0.2) is 0 Å². The van der Waals surface area contributed by atoms with Crippen molar-refractivity contribution in [1.82, 2.24) is 15.3 Å². The van der Waals surface area contributed by atoms with Gasteiger partial charge in [0.2, 0.25) is 0 Å². The summed E-state index contributed by atoms with van der Waals surface area (Å²) in [6.07, 6.45) is 3.72. The Morgan fingerprint density at radius 2 is 1.80 bits per heavy atom. The molecule has 0 radical (unpaired) electrons. The maximum absolute atomic E-state index is 12.1. The van der Waals surface area contributed by atoms with Gasteiger partial charge in [-0.25, -0.2) is 4.98 Å². The average molecular weight is 277 g/mol. The van der Waals surface area contributed by atoms with Crippen molar-refractivity contribution in [3.8, 4) is 0 Å². The smallest absolute Gasteiger partial charge is 0.255 e. The largest absolute Gasteiger partial charge is 0.310 e. The highest BCUT2D eigenvalue weighted by molar-refractivity contribution is 5.20. The molecule has 1 aromatic heterocycles. The minimum Gasteiger partial charge on any atom is -0.310 e. The highest BCUT2D eigenvalue weighted by Crippen LogP contribution is 2.29. The number of H-pyrrole nitrogens is 1. The molecule has 112 valence electrons. The van der Waals surface area contributed by atoms with E-state index in [0.29, 0.717) is 11.9 Å². The van der Waals surface area contributed by atoms with E-state index in [1.54, 1.807) is 0 Å². The second kappa shape index (κ2) is 6.08. The normalized spacial score (nSPS) is 28.4. The maximum atomic E-state index is 12.1. The van der Waals surface area contributed by atoms with Crippen LogP contribution in [-0.2, 0) is 0 Å². The van der Waals surface area contributed by atoms with E-state index in [-0.39, 0.29) is 11.6 Å². The molecule has 3 unspecified atom stereocenters. The van der Waals surface area contributed by atoms with E-state index in [9.17, 15) is 4.79 Å². The number of nitrogens with one attached hydrogen (secondary N) is 2. The highest BCUT2D eigenvalue weighted by Gasteiger charge is 2.26. The van der Waals surface area contributed by atoms with Crippen molar-refractivity contribution in [1.29, 1.82) is 0 Å². The lowest BCUT2D eigenvalue weighted by Crippen LogP contribution is -2.39. The monoisotopic (exact) mass is 277 g/mol. The fraction of sp³-hybridized carbons (Fsp3) is 0.750. The van der Waals surface area contributed by atoms with Gasteiger partial charge in [-0.15, -0.1) is 0 Å². The molecule has 1 fully saturated rings.